The lowest BCUT2D eigenvalue weighted by molar-refractivity contribution is 0.173. The Morgan fingerprint density at radius 2 is 2.12 bits per heavy atom. The maximum atomic E-state index is 5.86. The maximum Gasteiger partial charge on any atom is 0.231 e. The van der Waals surface area contributed by atoms with Gasteiger partial charge in [0.1, 0.15) is 0 Å². The average molecular weight is 286 g/mol. The number of hydrogen-bond donors (Lipinski definition) is 1. The van der Waals surface area contributed by atoms with Gasteiger partial charge in [0.25, 0.3) is 0 Å². The second-order valence-corrected chi connectivity index (χ2v) is 4.95. The first-order chi connectivity index (χ1) is 7.63. The van der Waals surface area contributed by atoms with Crippen LogP contribution >= 0.6 is 15.9 Å². The van der Waals surface area contributed by atoms with Crippen LogP contribution in [0.3, 0.4) is 0 Å². The monoisotopic (exact) mass is 285 g/mol. The predicted octanol–water partition coefficient (Wildman–Crippen LogP) is 2.63. The molecular weight excluding hydrogens is 270 g/mol. The summed E-state index contributed by atoms with van der Waals surface area (Å²) in [5.74, 6) is 1.71. The Labute approximate surface area is 104 Å². The molecule has 1 heterocycles. The van der Waals surface area contributed by atoms with Gasteiger partial charge >= 0.3 is 0 Å². The van der Waals surface area contributed by atoms with Crippen LogP contribution in [0, 0.1) is 0 Å². The predicted molar refractivity (Wildman–Crippen MR) is 67.0 cm³/mol. The van der Waals surface area contributed by atoms with E-state index < -0.39 is 0 Å². The van der Waals surface area contributed by atoms with Gasteiger partial charge in [-0.05, 0) is 47.3 Å². The second-order valence-electron chi connectivity index (χ2n) is 4.10. The van der Waals surface area contributed by atoms with Gasteiger partial charge in [-0.1, -0.05) is 6.92 Å². The van der Waals surface area contributed by atoms with Crippen LogP contribution in [0.4, 0.5) is 0 Å². The van der Waals surface area contributed by atoms with Crippen molar-refractivity contribution in [3.63, 3.8) is 0 Å². The van der Waals surface area contributed by atoms with E-state index in [0.29, 0.717) is 6.79 Å². The Balaban J connectivity index is 2.49. The van der Waals surface area contributed by atoms with Crippen LogP contribution in [0.25, 0.3) is 0 Å². The summed E-state index contributed by atoms with van der Waals surface area (Å²) in [6.07, 6.45) is 1.79. The molecule has 0 saturated carbocycles. The van der Waals surface area contributed by atoms with Crippen LogP contribution in [-0.4, -0.2) is 12.8 Å². The highest BCUT2D eigenvalue weighted by atomic mass is 79.9. The van der Waals surface area contributed by atoms with Crippen LogP contribution in [0.2, 0.25) is 0 Å². The Kier molecular flexibility index (Phi) is 3.40. The van der Waals surface area contributed by atoms with Gasteiger partial charge in [0.2, 0.25) is 6.79 Å². The zero-order valence-electron chi connectivity index (χ0n) is 9.55. The molecule has 2 rings (SSSR count). The van der Waals surface area contributed by atoms with Crippen molar-refractivity contribution in [2.75, 3.05) is 6.79 Å². The highest BCUT2D eigenvalue weighted by Gasteiger charge is 2.23. The third kappa shape index (κ3) is 2.04. The summed E-state index contributed by atoms with van der Waals surface area (Å²) in [4.78, 5) is 0. The van der Waals surface area contributed by atoms with Gasteiger partial charge < -0.3 is 15.2 Å². The third-order valence-electron chi connectivity index (χ3n) is 2.69. The molecule has 2 N–H and O–H groups in total. The van der Waals surface area contributed by atoms with Crippen LogP contribution < -0.4 is 15.2 Å². The highest BCUT2D eigenvalue weighted by Crippen LogP contribution is 2.44. The van der Waals surface area contributed by atoms with E-state index in [2.05, 4.69) is 28.9 Å². The van der Waals surface area contributed by atoms with E-state index in [4.69, 9.17) is 15.2 Å². The molecule has 0 spiro atoms. The third-order valence-corrected chi connectivity index (χ3v) is 3.28. The van der Waals surface area contributed by atoms with E-state index in [1.165, 1.54) is 11.1 Å². The van der Waals surface area contributed by atoms with E-state index in [9.17, 15) is 0 Å². The van der Waals surface area contributed by atoms with Gasteiger partial charge in [0.15, 0.2) is 11.5 Å². The Morgan fingerprint density at radius 3 is 2.75 bits per heavy atom. The zero-order valence-corrected chi connectivity index (χ0v) is 11.1. The molecule has 1 aromatic carbocycles. The summed E-state index contributed by atoms with van der Waals surface area (Å²) in [5.41, 5.74) is 8.32. The number of ether oxygens (including phenoxy) is 2. The molecule has 0 aromatic heterocycles. The summed E-state index contributed by atoms with van der Waals surface area (Å²) in [6, 6.07) is 2.24. The Bertz CT molecular complexity index is 404. The molecule has 1 aliphatic rings. The van der Waals surface area contributed by atoms with Gasteiger partial charge in [-0.15, -0.1) is 0 Å². The first kappa shape index (κ1) is 11.7. The van der Waals surface area contributed by atoms with Gasteiger partial charge in [-0.25, -0.2) is 0 Å². The highest BCUT2D eigenvalue weighted by molar-refractivity contribution is 9.10. The Morgan fingerprint density at radius 1 is 1.44 bits per heavy atom. The van der Waals surface area contributed by atoms with Crippen LogP contribution in [0.15, 0.2) is 10.5 Å². The van der Waals surface area contributed by atoms with Gasteiger partial charge in [0, 0.05) is 11.6 Å². The molecule has 1 unspecified atom stereocenters. The molecule has 1 atom stereocenters. The molecule has 4 heteroatoms. The smallest absolute Gasteiger partial charge is 0.231 e. The standard InChI is InChI=1S/C12H16BrNO2/c1-3-9-8(4-7(2)14)5-10(13)12-11(9)15-6-16-12/h5,7H,3-4,6,14H2,1-2H3. The summed E-state index contributed by atoms with van der Waals surface area (Å²) >= 11 is 3.51. The quantitative estimate of drug-likeness (QED) is 0.929. The molecule has 88 valence electrons. The van der Waals surface area contributed by atoms with Gasteiger partial charge in [0.05, 0.1) is 4.47 Å². The second kappa shape index (κ2) is 4.63. The van der Waals surface area contributed by atoms with Gasteiger partial charge in [-0.2, -0.15) is 0 Å². The van der Waals surface area contributed by atoms with Crippen molar-refractivity contribution in [2.45, 2.75) is 32.7 Å². The topological polar surface area (TPSA) is 44.5 Å². The van der Waals surface area contributed by atoms with Crippen LogP contribution in [0.5, 0.6) is 11.5 Å². The number of nitrogens with two attached hydrogens (primary N) is 1. The number of fused-ring (bicyclic) bond motifs is 1. The molecule has 0 amide bonds. The zero-order chi connectivity index (χ0) is 11.7. The lowest BCUT2D eigenvalue weighted by Gasteiger charge is -2.14. The van der Waals surface area contributed by atoms with Crippen molar-refractivity contribution >= 4 is 15.9 Å². The minimum Gasteiger partial charge on any atom is -0.453 e. The SMILES string of the molecule is CCc1c(CC(C)N)cc(Br)c2c1OCO2. The summed E-state index contributed by atoms with van der Waals surface area (Å²) < 4.78 is 11.9. The first-order valence-corrected chi connectivity index (χ1v) is 6.28. The van der Waals surface area contributed by atoms with Crippen molar-refractivity contribution < 1.29 is 9.47 Å². The minimum atomic E-state index is 0.151. The first-order valence-electron chi connectivity index (χ1n) is 5.49. The van der Waals surface area contributed by atoms with E-state index in [0.717, 1.165) is 28.8 Å². The fourth-order valence-corrected chi connectivity index (χ4v) is 2.62. The fourth-order valence-electron chi connectivity index (χ4n) is 2.05. The number of benzene rings is 1. The summed E-state index contributed by atoms with van der Waals surface area (Å²) in [6.45, 7) is 4.44. The lowest BCUT2D eigenvalue weighted by Crippen LogP contribution is -2.18. The molecule has 1 aliphatic heterocycles. The van der Waals surface area contributed by atoms with Crippen LogP contribution in [-0.2, 0) is 12.8 Å². The van der Waals surface area contributed by atoms with Crippen molar-refractivity contribution in [1.29, 1.82) is 0 Å². The van der Waals surface area contributed by atoms with E-state index in [-0.39, 0.29) is 6.04 Å². The number of halogens is 1. The van der Waals surface area contributed by atoms with E-state index in [1.807, 2.05) is 6.92 Å². The minimum absolute atomic E-state index is 0.151. The lowest BCUT2D eigenvalue weighted by atomic mass is 9.98. The fraction of sp³-hybridized carbons (Fsp3) is 0.500. The van der Waals surface area contributed by atoms with Crippen molar-refractivity contribution in [2.24, 2.45) is 5.73 Å². The van der Waals surface area contributed by atoms with E-state index >= 15 is 0 Å². The molecule has 3 nitrogen and oxygen atoms in total. The molecule has 0 saturated heterocycles. The average Bonchev–Trinajstić information content (AvgIpc) is 2.66. The molecule has 0 radical (unpaired) electrons. The van der Waals surface area contributed by atoms with Crippen molar-refractivity contribution in [3.8, 4) is 11.5 Å². The molecule has 16 heavy (non-hydrogen) atoms. The Hall–Kier alpha value is -0.740. The molecule has 0 fully saturated rings. The summed E-state index contributed by atoms with van der Waals surface area (Å²) in [5, 5.41) is 0. The van der Waals surface area contributed by atoms with Crippen molar-refractivity contribution in [1.82, 2.24) is 0 Å². The van der Waals surface area contributed by atoms with E-state index in [1.54, 1.807) is 0 Å². The van der Waals surface area contributed by atoms with Gasteiger partial charge in [-0.3, -0.25) is 0 Å². The normalized spacial score (nSPS) is 15.2. The number of rotatable bonds is 3. The maximum absolute atomic E-state index is 5.86. The summed E-state index contributed by atoms with van der Waals surface area (Å²) in [7, 11) is 0. The van der Waals surface area contributed by atoms with Crippen molar-refractivity contribution in [3.05, 3.63) is 21.7 Å². The molecule has 0 aliphatic carbocycles. The molecular formula is C12H16BrNO2. The largest absolute Gasteiger partial charge is 0.453 e. The number of hydrogen-bond acceptors (Lipinski definition) is 3. The van der Waals surface area contributed by atoms with Crippen LogP contribution in [0.1, 0.15) is 25.0 Å². The molecule has 1 aromatic rings. The molecule has 0 bridgehead atoms.